The molecule has 1 aliphatic rings. The first-order chi connectivity index (χ1) is 10.6. The van der Waals surface area contributed by atoms with E-state index in [1.807, 2.05) is 17.2 Å². The molecule has 1 aliphatic heterocycles. The van der Waals surface area contributed by atoms with Gasteiger partial charge in [-0.05, 0) is 37.8 Å². The van der Waals surface area contributed by atoms with Crippen molar-refractivity contribution in [2.45, 2.75) is 39.7 Å². The van der Waals surface area contributed by atoms with Crippen LogP contribution in [0.4, 0.5) is 10.5 Å². The highest BCUT2D eigenvalue weighted by molar-refractivity contribution is 5.74. The standard InChI is InChI=1S/C17H28N4O/c1-14(2)6-7-15(3)19-17(22)21-11-9-20(10-12-21)16-5-4-8-18-13-16/h4-5,8,13-15H,6-7,9-12H2,1-3H3,(H,19,22). The second kappa shape index (κ2) is 8.01. The van der Waals surface area contributed by atoms with Gasteiger partial charge in [0.1, 0.15) is 0 Å². The van der Waals surface area contributed by atoms with E-state index in [4.69, 9.17) is 0 Å². The number of hydrogen-bond acceptors (Lipinski definition) is 3. The summed E-state index contributed by atoms with van der Waals surface area (Å²) in [5.41, 5.74) is 1.13. The number of anilines is 1. The molecule has 0 saturated carbocycles. The van der Waals surface area contributed by atoms with Crippen LogP contribution in [-0.2, 0) is 0 Å². The highest BCUT2D eigenvalue weighted by Crippen LogP contribution is 2.14. The van der Waals surface area contributed by atoms with E-state index in [-0.39, 0.29) is 12.1 Å². The molecule has 1 aromatic rings. The van der Waals surface area contributed by atoms with Gasteiger partial charge in [-0.15, -0.1) is 0 Å². The van der Waals surface area contributed by atoms with Crippen LogP contribution >= 0.6 is 0 Å². The Morgan fingerprint density at radius 3 is 2.55 bits per heavy atom. The molecule has 2 rings (SSSR count). The molecule has 1 aromatic heterocycles. The first-order valence-corrected chi connectivity index (χ1v) is 8.26. The van der Waals surface area contributed by atoms with Crippen LogP contribution in [0, 0.1) is 5.92 Å². The van der Waals surface area contributed by atoms with Crippen molar-refractivity contribution < 1.29 is 4.79 Å². The smallest absolute Gasteiger partial charge is 0.317 e. The van der Waals surface area contributed by atoms with Crippen LogP contribution in [0.15, 0.2) is 24.5 Å². The molecule has 0 spiro atoms. The maximum absolute atomic E-state index is 12.3. The Hall–Kier alpha value is -1.78. The lowest BCUT2D eigenvalue weighted by Crippen LogP contribution is -2.53. The third kappa shape index (κ3) is 4.90. The maximum Gasteiger partial charge on any atom is 0.317 e. The number of aromatic nitrogens is 1. The number of hydrogen-bond donors (Lipinski definition) is 1. The van der Waals surface area contributed by atoms with E-state index >= 15 is 0 Å². The number of nitrogens with zero attached hydrogens (tertiary/aromatic N) is 3. The van der Waals surface area contributed by atoms with Gasteiger partial charge >= 0.3 is 6.03 Å². The molecule has 0 bridgehead atoms. The largest absolute Gasteiger partial charge is 0.367 e. The third-order valence-corrected chi connectivity index (χ3v) is 4.12. The predicted molar refractivity (Wildman–Crippen MR) is 90.1 cm³/mol. The van der Waals surface area contributed by atoms with Crippen LogP contribution < -0.4 is 10.2 Å². The number of pyridine rings is 1. The molecule has 1 unspecified atom stereocenters. The zero-order chi connectivity index (χ0) is 15.9. The van der Waals surface area contributed by atoms with Gasteiger partial charge in [-0.25, -0.2) is 4.79 Å². The first kappa shape index (κ1) is 16.6. The van der Waals surface area contributed by atoms with Crippen molar-refractivity contribution in [3.8, 4) is 0 Å². The van der Waals surface area contributed by atoms with Crippen LogP contribution in [-0.4, -0.2) is 48.1 Å². The highest BCUT2D eigenvalue weighted by Gasteiger charge is 2.22. The molecule has 0 aromatic carbocycles. The van der Waals surface area contributed by atoms with Gasteiger partial charge in [0.15, 0.2) is 0 Å². The van der Waals surface area contributed by atoms with E-state index in [0.717, 1.165) is 44.7 Å². The number of carbonyl (C=O) groups excluding carboxylic acids is 1. The highest BCUT2D eigenvalue weighted by atomic mass is 16.2. The van der Waals surface area contributed by atoms with E-state index in [0.29, 0.717) is 5.92 Å². The second-order valence-corrected chi connectivity index (χ2v) is 6.51. The van der Waals surface area contributed by atoms with Gasteiger partial charge in [0.05, 0.1) is 11.9 Å². The molecular weight excluding hydrogens is 276 g/mol. The van der Waals surface area contributed by atoms with Crippen molar-refractivity contribution in [1.82, 2.24) is 15.2 Å². The molecule has 0 aliphatic carbocycles. The molecule has 2 amide bonds. The molecule has 0 radical (unpaired) electrons. The number of amides is 2. The van der Waals surface area contributed by atoms with Gasteiger partial charge in [0.25, 0.3) is 0 Å². The summed E-state index contributed by atoms with van der Waals surface area (Å²) in [7, 11) is 0. The molecule has 5 heteroatoms. The predicted octanol–water partition coefficient (Wildman–Crippen LogP) is 2.74. The van der Waals surface area contributed by atoms with Crippen LogP contribution in [0.2, 0.25) is 0 Å². The van der Waals surface area contributed by atoms with Crippen molar-refractivity contribution in [3.63, 3.8) is 0 Å². The summed E-state index contributed by atoms with van der Waals surface area (Å²) in [6.45, 7) is 9.76. The van der Waals surface area contributed by atoms with Crippen LogP contribution in [0.25, 0.3) is 0 Å². The lowest BCUT2D eigenvalue weighted by atomic mass is 10.0. The fourth-order valence-corrected chi connectivity index (χ4v) is 2.67. The quantitative estimate of drug-likeness (QED) is 0.910. The SMILES string of the molecule is CC(C)CCC(C)NC(=O)N1CCN(c2cccnc2)CC1. The van der Waals surface area contributed by atoms with Crippen molar-refractivity contribution >= 4 is 11.7 Å². The molecule has 1 saturated heterocycles. The van der Waals surface area contributed by atoms with Gasteiger partial charge < -0.3 is 15.1 Å². The van der Waals surface area contributed by atoms with Crippen molar-refractivity contribution in [1.29, 1.82) is 0 Å². The minimum atomic E-state index is 0.0714. The molecule has 122 valence electrons. The number of urea groups is 1. The molecule has 1 fully saturated rings. The lowest BCUT2D eigenvalue weighted by molar-refractivity contribution is 0.190. The van der Waals surface area contributed by atoms with E-state index in [2.05, 4.69) is 42.0 Å². The summed E-state index contributed by atoms with van der Waals surface area (Å²) in [4.78, 5) is 20.6. The van der Waals surface area contributed by atoms with E-state index in [9.17, 15) is 4.79 Å². The summed E-state index contributed by atoms with van der Waals surface area (Å²) < 4.78 is 0. The number of nitrogens with one attached hydrogen (secondary N) is 1. The number of rotatable bonds is 5. The molecule has 2 heterocycles. The summed E-state index contributed by atoms with van der Waals surface area (Å²) in [6.07, 6.45) is 5.85. The van der Waals surface area contributed by atoms with Crippen molar-refractivity contribution in [2.24, 2.45) is 5.92 Å². The molecule has 1 N–H and O–H groups in total. The summed E-state index contributed by atoms with van der Waals surface area (Å²) >= 11 is 0. The average Bonchev–Trinajstić information content (AvgIpc) is 2.54. The fourth-order valence-electron chi connectivity index (χ4n) is 2.67. The van der Waals surface area contributed by atoms with E-state index < -0.39 is 0 Å². The zero-order valence-electron chi connectivity index (χ0n) is 14.0. The van der Waals surface area contributed by atoms with Crippen molar-refractivity contribution in [3.05, 3.63) is 24.5 Å². The van der Waals surface area contributed by atoms with Gasteiger partial charge in [-0.2, -0.15) is 0 Å². The number of carbonyl (C=O) groups is 1. The monoisotopic (exact) mass is 304 g/mol. The average molecular weight is 304 g/mol. The Morgan fingerprint density at radius 1 is 1.23 bits per heavy atom. The van der Waals surface area contributed by atoms with Gasteiger partial charge in [-0.3, -0.25) is 4.98 Å². The molecular formula is C17H28N4O. The van der Waals surface area contributed by atoms with Crippen LogP contribution in [0.3, 0.4) is 0 Å². The Morgan fingerprint density at radius 2 is 1.95 bits per heavy atom. The van der Waals surface area contributed by atoms with Crippen LogP contribution in [0.5, 0.6) is 0 Å². The third-order valence-electron chi connectivity index (χ3n) is 4.12. The molecule has 22 heavy (non-hydrogen) atoms. The van der Waals surface area contributed by atoms with E-state index in [1.54, 1.807) is 6.20 Å². The lowest BCUT2D eigenvalue weighted by Gasteiger charge is -2.36. The topological polar surface area (TPSA) is 48.5 Å². The molecule has 5 nitrogen and oxygen atoms in total. The fraction of sp³-hybridized carbons (Fsp3) is 0.647. The summed E-state index contributed by atoms with van der Waals surface area (Å²) in [6, 6.07) is 4.33. The van der Waals surface area contributed by atoms with Gasteiger partial charge in [-0.1, -0.05) is 13.8 Å². The summed E-state index contributed by atoms with van der Waals surface area (Å²) in [5, 5.41) is 3.12. The second-order valence-electron chi connectivity index (χ2n) is 6.51. The normalized spacial score (nSPS) is 16.7. The Balaban J connectivity index is 1.75. The van der Waals surface area contributed by atoms with Crippen molar-refractivity contribution in [2.75, 3.05) is 31.1 Å². The number of piperazine rings is 1. The molecule has 1 atom stereocenters. The van der Waals surface area contributed by atoms with Gasteiger partial charge in [0.2, 0.25) is 0 Å². The minimum absolute atomic E-state index is 0.0714. The Bertz CT molecular complexity index is 455. The first-order valence-electron chi connectivity index (χ1n) is 8.26. The Kier molecular flexibility index (Phi) is 6.04. The van der Waals surface area contributed by atoms with Crippen LogP contribution in [0.1, 0.15) is 33.6 Å². The van der Waals surface area contributed by atoms with Gasteiger partial charge in [0, 0.05) is 38.4 Å². The minimum Gasteiger partial charge on any atom is -0.367 e. The Labute approximate surface area is 133 Å². The van der Waals surface area contributed by atoms with E-state index in [1.165, 1.54) is 0 Å². The zero-order valence-corrected chi connectivity index (χ0v) is 14.0. The summed E-state index contributed by atoms with van der Waals surface area (Å²) in [5.74, 6) is 0.683. The maximum atomic E-state index is 12.3.